The second kappa shape index (κ2) is 6.64. The first-order valence-corrected chi connectivity index (χ1v) is 7.23. The van der Waals surface area contributed by atoms with Gasteiger partial charge in [-0.2, -0.15) is 0 Å². The number of nitrogens with zero attached hydrogens (tertiary/aromatic N) is 2. The predicted octanol–water partition coefficient (Wildman–Crippen LogP) is 0.443. The van der Waals surface area contributed by atoms with E-state index in [1.54, 1.807) is 0 Å². The molecule has 1 rings (SSSR count). The van der Waals surface area contributed by atoms with Gasteiger partial charge in [-0.1, -0.05) is 0 Å². The number of hydrogen-bond donors (Lipinski definition) is 1. The number of benzene rings is 1. The second-order valence-corrected chi connectivity index (χ2v) is 6.06. The van der Waals surface area contributed by atoms with E-state index >= 15 is 0 Å². The summed E-state index contributed by atoms with van der Waals surface area (Å²) in [7, 11) is 1.13. The summed E-state index contributed by atoms with van der Waals surface area (Å²) in [5.74, 6) is 0.0160. The van der Waals surface area contributed by atoms with E-state index in [2.05, 4.69) is 4.72 Å². The molecule has 0 aliphatic rings. The highest BCUT2D eigenvalue weighted by Crippen LogP contribution is 2.29. The average Bonchev–Trinajstić information content (AvgIpc) is 2.37. The van der Waals surface area contributed by atoms with Crippen LogP contribution in [0.2, 0.25) is 0 Å². The van der Waals surface area contributed by atoms with Crippen LogP contribution in [-0.2, 0) is 10.0 Å². The van der Waals surface area contributed by atoms with Crippen molar-refractivity contribution in [1.29, 1.82) is 0 Å². The monoisotopic (exact) mass is 303 g/mol. The number of nitro groups is 1. The first-order valence-electron chi connectivity index (χ1n) is 5.74. The third-order valence-electron chi connectivity index (χ3n) is 2.51. The maximum atomic E-state index is 12.0. The summed E-state index contributed by atoms with van der Waals surface area (Å²) in [6, 6.07) is 3.51. The molecule has 0 aliphatic carbocycles. The zero-order valence-corrected chi connectivity index (χ0v) is 12.3. The van der Waals surface area contributed by atoms with Gasteiger partial charge in [0.15, 0.2) is 5.75 Å². The fourth-order valence-electron chi connectivity index (χ4n) is 1.47. The molecular weight excluding hydrogens is 286 g/mol. The van der Waals surface area contributed by atoms with Gasteiger partial charge < -0.3 is 9.64 Å². The largest absolute Gasteiger partial charge is 0.490 e. The van der Waals surface area contributed by atoms with E-state index in [0.29, 0.717) is 6.54 Å². The van der Waals surface area contributed by atoms with E-state index in [1.807, 2.05) is 19.0 Å². The quantitative estimate of drug-likeness (QED) is 0.579. The van der Waals surface area contributed by atoms with Crippen LogP contribution in [0.4, 0.5) is 5.69 Å². The molecule has 0 bridgehead atoms. The lowest BCUT2D eigenvalue weighted by molar-refractivity contribution is -0.386. The standard InChI is InChI=1S/C11H17N3O5S/c1-13(2)7-6-12-20(17,18)9-4-5-11(19-3)10(8-9)14(15)16/h4-5,8,12H,6-7H2,1-3H3. The van der Waals surface area contributed by atoms with Crippen LogP contribution < -0.4 is 9.46 Å². The molecule has 0 aliphatic heterocycles. The number of ether oxygens (including phenoxy) is 1. The van der Waals surface area contributed by atoms with E-state index in [-0.39, 0.29) is 22.9 Å². The van der Waals surface area contributed by atoms with Crippen LogP contribution in [0.25, 0.3) is 0 Å². The molecule has 0 amide bonds. The fourth-order valence-corrected chi connectivity index (χ4v) is 2.51. The molecule has 112 valence electrons. The molecule has 0 fully saturated rings. The molecule has 9 heteroatoms. The molecule has 0 saturated heterocycles. The Hall–Kier alpha value is -1.71. The van der Waals surface area contributed by atoms with Crippen LogP contribution in [-0.4, -0.2) is 52.5 Å². The normalized spacial score (nSPS) is 11.6. The van der Waals surface area contributed by atoms with E-state index in [0.717, 1.165) is 6.07 Å². The molecule has 1 N–H and O–H groups in total. The Morgan fingerprint density at radius 1 is 1.40 bits per heavy atom. The molecule has 1 aromatic carbocycles. The fraction of sp³-hybridized carbons (Fsp3) is 0.455. The molecular formula is C11H17N3O5S. The Kier molecular flexibility index (Phi) is 5.43. The number of sulfonamides is 1. The lowest BCUT2D eigenvalue weighted by atomic mass is 10.3. The van der Waals surface area contributed by atoms with Crippen LogP contribution in [0.1, 0.15) is 0 Å². The van der Waals surface area contributed by atoms with Crippen molar-refractivity contribution >= 4 is 15.7 Å². The molecule has 20 heavy (non-hydrogen) atoms. The van der Waals surface area contributed by atoms with Crippen LogP contribution in [0.15, 0.2) is 23.1 Å². The third-order valence-corrected chi connectivity index (χ3v) is 3.97. The topological polar surface area (TPSA) is 102 Å². The van der Waals surface area contributed by atoms with Crippen molar-refractivity contribution in [1.82, 2.24) is 9.62 Å². The zero-order chi connectivity index (χ0) is 15.3. The minimum absolute atomic E-state index is 0.0160. The Morgan fingerprint density at radius 3 is 2.55 bits per heavy atom. The van der Waals surface area contributed by atoms with Gasteiger partial charge in [0.25, 0.3) is 0 Å². The minimum atomic E-state index is -3.77. The lowest BCUT2D eigenvalue weighted by Gasteiger charge is -2.11. The summed E-state index contributed by atoms with van der Waals surface area (Å²) in [5, 5.41) is 10.9. The van der Waals surface area contributed by atoms with Crippen molar-refractivity contribution in [3.8, 4) is 5.75 Å². The van der Waals surface area contributed by atoms with Crippen LogP contribution in [0.3, 0.4) is 0 Å². The molecule has 0 heterocycles. The first kappa shape index (κ1) is 16.3. The first-order chi connectivity index (χ1) is 9.27. The van der Waals surface area contributed by atoms with Crippen LogP contribution >= 0.6 is 0 Å². The number of nitrogens with one attached hydrogen (secondary N) is 1. The van der Waals surface area contributed by atoms with Crippen molar-refractivity contribution in [3.05, 3.63) is 28.3 Å². The molecule has 8 nitrogen and oxygen atoms in total. The number of nitro benzene ring substituents is 1. The van der Waals surface area contributed by atoms with E-state index in [4.69, 9.17) is 4.74 Å². The van der Waals surface area contributed by atoms with E-state index in [1.165, 1.54) is 19.2 Å². The molecule has 0 unspecified atom stereocenters. The summed E-state index contributed by atoms with van der Waals surface area (Å²) in [6.07, 6.45) is 0. The SMILES string of the molecule is COc1ccc(S(=O)(=O)NCCN(C)C)cc1[N+](=O)[O-]. The Balaban J connectivity index is 3.01. The zero-order valence-electron chi connectivity index (χ0n) is 11.5. The molecule has 0 saturated carbocycles. The molecule has 0 spiro atoms. The highest BCUT2D eigenvalue weighted by Gasteiger charge is 2.21. The van der Waals surface area contributed by atoms with Gasteiger partial charge in [-0.3, -0.25) is 10.1 Å². The number of methoxy groups -OCH3 is 1. The Morgan fingerprint density at radius 2 is 2.05 bits per heavy atom. The number of rotatable bonds is 7. The summed E-state index contributed by atoms with van der Waals surface area (Å²) in [5.41, 5.74) is -0.386. The molecule has 0 atom stereocenters. The van der Waals surface area contributed by atoms with Crippen molar-refractivity contribution in [3.63, 3.8) is 0 Å². The number of likely N-dealkylation sites (N-methyl/N-ethyl adjacent to an activating group) is 1. The van der Waals surface area contributed by atoms with Crippen molar-refractivity contribution in [2.45, 2.75) is 4.90 Å². The molecule has 1 aromatic rings. The maximum Gasteiger partial charge on any atom is 0.312 e. The van der Waals surface area contributed by atoms with E-state index in [9.17, 15) is 18.5 Å². The third kappa shape index (κ3) is 4.15. The average molecular weight is 303 g/mol. The predicted molar refractivity (Wildman–Crippen MR) is 73.4 cm³/mol. The number of hydrogen-bond acceptors (Lipinski definition) is 6. The lowest BCUT2D eigenvalue weighted by Crippen LogP contribution is -2.31. The van der Waals surface area contributed by atoms with Gasteiger partial charge in [0.1, 0.15) is 0 Å². The summed E-state index contributed by atoms with van der Waals surface area (Å²) < 4.78 is 31.2. The van der Waals surface area contributed by atoms with Crippen LogP contribution in [0, 0.1) is 10.1 Å². The summed E-state index contributed by atoms with van der Waals surface area (Å²) >= 11 is 0. The molecule has 0 radical (unpaired) electrons. The van der Waals surface area contributed by atoms with Gasteiger partial charge in [-0.25, -0.2) is 13.1 Å². The highest BCUT2D eigenvalue weighted by molar-refractivity contribution is 7.89. The van der Waals surface area contributed by atoms with E-state index < -0.39 is 14.9 Å². The Labute approximate surface area is 117 Å². The van der Waals surface area contributed by atoms with Crippen LogP contribution in [0.5, 0.6) is 5.75 Å². The maximum absolute atomic E-state index is 12.0. The van der Waals surface area contributed by atoms with Gasteiger partial charge in [-0.05, 0) is 26.2 Å². The minimum Gasteiger partial charge on any atom is -0.490 e. The summed E-state index contributed by atoms with van der Waals surface area (Å²) in [6.45, 7) is 0.743. The second-order valence-electron chi connectivity index (χ2n) is 4.29. The van der Waals surface area contributed by atoms with Gasteiger partial charge in [-0.15, -0.1) is 0 Å². The van der Waals surface area contributed by atoms with Crippen molar-refractivity contribution in [2.24, 2.45) is 0 Å². The van der Waals surface area contributed by atoms with Crippen molar-refractivity contribution < 1.29 is 18.1 Å². The molecule has 0 aromatic heterocycles. The van der Waals surface area contributed by atoms with Gasteiger partial charge in [0.2, 0.25) is 10.0 Å². The smallest absolute Gasteiger partial charge is 0.312 e. The Bertz CT molecular complexity index is 586. The van der Waals surface area contributed by atoms with Gasteiger partial charge >= 0.3 is 5.69 Å². The van der Waals surface area contributed by atoms with Gasteiger partial charge in [0, 0.05) is 19.2 Å². The van der Waals surface area contributed by atoms with Crippen molar-refractivity contribution in [2.75, 3.05) is 34.3 Å². The van der Waals surface area contributed by atoms with Gasteiger partial charge in [0.05, 0.1) is 16.9 Å². The summed E-state index contributed by atoms with van der Waals surface area (Å²) in [4.78, 5) is 11.8. The highest BCUT2D eigenvalue weighted by atomic mass is 32.2.